The molecule has 6 heteroatoms. The molecule has 0 N–H and O–H groups in total. The second kappa shape index (κ2) is 4.94. The highest BCUT2D eigenvalue weighted by atomic mass is 16.5. The molecule has 1 aliphatic carbocycles. The SMILES string of the molecule is Cc1noc(C)c1CN1CCCC1c1noc(C2CC2)n1. The van der Waals surface area contributed by atoms with Crippen molar-refractivity contribution in [3.8, 4) is 0 Å². The van der Waals surface area contributed by atoms with Crippen LogP contribution in [0.25, 0.3) is 0 Å². The number of likely N-dealkylation sites (tertiary alicyclic amines) is 1. The molecule has 2 aromatic rings. The highest BCUT2D eigenvalue weighted by molar-refractivity contribution is 5.21. The van der Waals surface area contributed by atoms with Crippen LogP contribution >= 0.6 is 0 Å². The van der Waals surface area contributed by atoms with E-state index in [1.165, 1.54) is 24.8 Å². The first-order valence-corrected chi connectivity index (χ1v) is 7.71. The van der Waals surface area contributed by atoms with Crippen molar-refractivity contribution in [1.82, 2.24) is 20.2 Å². The maximum absolute atomic E-state index is 5.41. The van der Waals surface area contributed by atoms with E-state index in [1.54, 1.807) is 0 Å². The van der Waals surface area contributed by atoms with Gasteiger partial charge in [0.15, 0.2) is 5.82 Å². The Balaban J connectivity index is 1.54. The Morgan fingerprint density at radius 2 is 2.00 bits per heavy atom. The number of aryl methyl sites for hydroxylation is 2. The van der Waals surface area contributed by atoms with E-state index in [0.717, 1.165) is 42.7 Å². The summed E-state index contributed by atoms with van der Waals surface area (Å²) in [5, 5.41) is 8.26. The van der Waals surface area contributed by atoms with Gasteiger partial charge in [0.25, 0.3) is 0 Å². The molecule has 4 rings (SSSR count). The van der Waals surface area contributed by atoms with Crippen LogP contribution in [0.15, 0.2) is 9.05 Å². The van der Waals surface area contributed by atoms with Crippen molar-refractivity contribution in [3.05, 3.63) is 28.7 Å². The summed E-state index contributed by atoms with van der Waals surface area (Å²) in [5.74, 6) is 3.10. The summed E-state index contributed by atoms with van der Waals surface area (Å²) < 4.78 is 10.7. The molecule has 1 unspecified atom stereocenters. The van der Waals surface area contributed by atoms with E-state index in [2.05, 4.69) is 20.2 Å². The molecule has 6 nitrogen and oxygen atoms in total. The van der Waals surface area contributed by atoms with Crippen LogP contribution in [0.3, 0.4) is 0 Å². The third-order valence-corrected chi connectivity index (χ3v) is 4.59. The maximum atomic E-state index is 5.41. The lowest BCUT2D eigenvalue weighted by Crippen LogP contribution is -2.24. The topological polar surface area (TPSA) is 68.2 Å². The fourth-order valence-electron chi connectivity index (χ4n) is 3.12. The minimum absolute atomic E-state index is 0.259. The van der Waals surface area contributed by atoms with Crippen molar-refractivity contribution in [2.75, 3.05) is 6.54 Å². The van der Waals surface area contributed by atoms with E-state index in [4.69, 9.17) is 9.05 Å². The van der Waals surface area contributed by atoms with Crippen molar-refractivity contribution >= 4 is 0 Å². The summed E-state index contributed by atoms with van der Waals surface area (Å²) in [6.45, 7) is 5.87. The summed E-state index contributed by atoms with van der Waals surface area (Å²) in [6, 6.07) is 0.259. The zero-order valence-corrected chi connectivity index (χ0v) is 12.5. The maximum Gasteiger partial charge on any atom is 0.229 e. The predicted molar refractivity (Wildman–Crippen MR) is 74.6 cm³/mol. The summed E-state index contributed by atoms with van der Waals surface area (Å²) in [4.78, 5) is 7.03. The molecule has 1 aliphatic heterocycles. The van der Waals surface area contributed by atoms with E-state index in [9.17, 15) is 0 Å². The number of hydrogen-bond donors (Lipinski definition) is 0. The van der Waals surface area contributed by atoms with E-state index in [0.29, 0.717) is 5.92 Å². The van der Waals surface area contributed by atoms with Crippen LogP contribution in [-0.4, -0.2) is 26.7 Å². The molecule has 3 heterocycles. The van der Waals surface area contributed by atoms with Crippen LogP contribution < -0.4 is 0 Å². The Bertz CT molecular complexity index is 624. The summed E-state index contributed by atoms with van der Waals surface area (Å²) in [7, 11) is 0. The van der Waals surface area contributed by atoms with Crippen LogP contribution in [0.2, 0.25) is 0 Å². The Morgan fingerprint density at radius 3 is 2.71 bits per heavy atom. The molecular weight excluding hydrogens is 268 g/mol. The fourth-order valence-corrected chi connectivity index (χ4v) is 3.12. The van der Waals surface area contributed by atoms with Crippen molar-refractivity contribution < 1.29 is 9.05 Å². The monoisotopic (exact) mass is 288 g/mol. The molecule has 2 fully saturated rings. The van der Waals surface area contributed by atoms with Gasteiger partial charge in [0.2, 0.25) is 5.89 Å². The minimum Gasteiger partial charge on any atom is -0.361 e. The lowest BCUT2D eigenvalue weighted by atomic mass is 10.1. The van der Waals surface area contributed by atoms with Crippen molar-refractivity contribution in [2.24, 2.45) is 0 Å². The van der Waals surface area contributed by atoms with E-state index < -0.39 is 0 Å². The van der Waals surface area contributed by atoms with Gasteiger partial charge in [-0.15, -0.1) is 0 Å². The third-order valence-electron chi connectivity index (χ3n) is 4.59. The molecule has 2 aliphatic rings. The smallest absolute Gasteiger partial charge is 0.229 e. The van der Waals surface area contributed by atoms with Crippen LogP contribution in [0.1, 0.15) is 66.4 Å². The van der Waals surface area contributed by atoms with Crippen molar-refractivity contribution in [2.45, 2.75) is 58.0 Å². The predicted octanol–water partition coefficient (Wildman–Crippen LogP) is 2.89. The average Bonchev–Trinajstić information content (AvgIpc) is 2.91. The van der Waals surface area contributed by atoms with Crippen molar-refractivity contribution in [3.63, 3.8) is 0 Å². The van der Waals surface area contributed by atoms with E-state index in [1.807, 2.05) is 13.8 Å². The highest BCUT2D eigenvalue weighted by Crippen LogP contribution is 2.40. The van der Waals surface area contributed by atoms with E-state index >= 15 is 0 Å². The zero-order chi connectivity index (χ0) is 14.4. The van der Waals surface area contributed by atoms with Gasteiger partial charge >= 0.3 is 0 Å². The van der Waals surface area contributed by atoms with Crippen LogP contribution in [0.4, 0.5) is 0 Å². The van der Waals surface area contributed by atoms with Crippen LogP contribution in [-0.2, 0) is 6.54 Å². The van der Waals surface area contributed by atoms with Gasteiger partial charge in [-0.05, 0) is 46.1 Å². The number of hydrogen-bond acceptors (Lipinski definition) is 6. The van der Waals surface area contributed by atoms with Crippen LogP contribution in [0, 0.1) is 13.8 Å². The van der Waals surface area contributed by atoms with Gasteiger partial charge in [-0.2, -0.15) is 4.98 Å². The second-order valence-electron chi connectivity index (χ2n) is 6.20. The molecule has 112 valence electrons. The second-order valence-corrected chi connectivity index (χ2v) is 6.20. The van der Waals surface area contributed by atoms with Gasteiger partial charge in [-0.1, -0.05) is 10.3 Å². The molecule has 1 saturated heterocycles. The first kappa shape index (κ1) is 13.0. The molecular formula is C15H20N4O2. The van der Waals surface area contributed by atoms with Gasteiger partial charge in [0.1, 0.15) is 5.76 Å². The Labute approximate surface area is 123 Å². The normalized spacial score (nSPS) is 23.0. The Hall–Kier alpha value is -1.69. The third kappa shape index (κ3) is 2.37. The standard InChI is InChI=1S/C15H20N4O2/c1-9-12(10(2)20-17-9)8-19-7-3-4-13(19)14-16-15(21-18-14)11-5-6-11/h11,13H,3-8H2,1-2H3. The Morgan fingerprint density at radius 1 is 1.14 bits per heavy atom. The largest absolute Gasteiger partial charge is 0.361 e. The molecule has 0 radical (unpaired) electrons. The molecule has 1 atom stereocenters. The van der Waals surface area contributed by atoms with Crippen molar-refractivity contribution in [1.29, 1.82) is 0 Å². The van der Waals surface area contributed by atoms with Crippen LogP contribution in [0.5, 0.6) is 0 Å². The van der Waals surface area contributed by atoms with Gasteiger partial charge in [0.05, 0.1) is 11.7 Å². The summed E-state index contributed by atoms with van der Waals surface area (Å²) in [5.41, 5.74) is 2.16. The lowest BCUT2D eigenvalue weighted by molar-refractivity contribution is 0.232. The first-order chi connectivity index (χ1) is 10.2. The molecule has 1 saturated carbocycles. The quantitative estimate of drug-likeness (QED) is 0.861. The number of rotatable bonds is 4. The number of aromatic nitrogens is 3. The fraction of sp³-hybridized carbons (Fsp3) is 0.667. The molecule has 0 spiro atoms. The minimum atomic E-state index is 0.259. The van der Waals surface area contributed by atoms with Gasteiger partial charge in [-0.25, -0.2) is 0 Å². The molecule has 0 amide bonds. The molecule has 0 bridgehead atoms. The van der Waals surface area contributed by atoms with Gasteiger partial charge in [0, 0.05) is 18.0 Å². The molecule has 0 aromatic carbocycles. The lowest BCUT2D eigenvalue weighted by Gasteiger charge is -2.21. The van der Waals surface area contributed by atoms with E-state index in [-0.39, 0.29) is 6.04 Å². The highest BCUT2D eigenvalue weighted by Gasteiger charge is 2.34. The summed E-state index contributed by atoms with van der Waals surface area (Å²) in [6.07, 6.45) is 4.64. The average molecular weight is 288 g/mol. The van der Waals surface area contributed by atoms with Gasteiger partial charge in [-0.3, -0.25) is 4.90 Å². The molecule has 2 aromatic heterocycles. The molecule has 21 heavy (non-hydrogen) atoms. The Kier molecular flexibility index (Phi) is 3.06. The zero-order valence-electron chi connectivity index (χ0n) is 12.5. The van der Waals surface area contributed by atoms with Gasteiger partial charge < -0.3 is 9.05 Å². The number of nitrogens with zero attached hydrogens (tertiary/aromatic N) is 4. The summed E-state index contributed by atoms with van der Waals surface area (Å²) >= 11 is 0. The first-order valence-electron chi connectivity index (χ1n) is 7.71.